The topological polar surface area (TPSA) is 26.0 Å². The van der Waals surface area contributed by atoms with E-state index in [1.54, 1.807) is 0 Å². The summed E-state index contributed by atoms with van der Waals surface area (Å²) in [5.74, 6) is 0. The number of nitrogens with two attached hydrogens (primary N) is 1. The minimum atomic E-state index is 0.756. The van der Waals surface area contributed by atoms with Crippen LogP contribution in [0, 0.1) is 0 Å². The Morgan fingerprint density at radius 1 is 1.31 bits per heavy atom. The number of unbranched alkanes of at least 4 members (excludes halogenated alkanes) is 1. The van der Waals surface area contributed by atoms with Crippen molar-refractivity contribution in [1.82, 2.24) is 0 Å². The van der Waals surface area contributed by atoms with E-state index in [2.05, 4.69) is 22.0 Å². The molecule has 2 N–H and O–H groups in total. The summed E-state index contributed by atoms with van der Waals surface area (Å²) in [5, 5.41) is 0.847. The number of halogens is 2. The second-order valence-electron chi connectivity index (χ2n) is 2.98. The molecule has 72 valence electrons. The van der Waals surface area contributed by atoms with Crippen molar-refractivity contribution in [3.63, 3.8) is 0 Å². The van der Waals surface area contributed by atoms with Crippen molar-refractivity contribution < 1.29 is 0 Å². The van der Waals surface area contributed by atoms with E-state index in [4.69, 9.17) is 17.3 Å². The van der Waals surface area contributed by atoms with E-state index < -0.39 is 0 Å². The zero-order chi connectivity index (χ0) is 9.68. The molecule has 1 rings (SSSR count). The highest BCUT2D eigenvalue weighted by Gasteiger charge is 2.00. The number of hydrogen-bond acceptors (Lipinski definition) is 1. The monoisotopic (exact) mass is 261 g/mol. The van der Waals surface area contributed by atoms with Crippen molar-refractivity contribution in [2.24, 2.45) is 5.73 Å². The minimum absolute atomic E-state index is 0.756. The third-order valence-electron chi connectivity index (χ3n) is 1.91. The first-order valence-electron chi connectivity index (χ1n) is 4.38. The number of benzene rings is 1. The van der Waals surface area contributed by atoms with Crippen LogP contribution in [0.25, 0.3) is 0 Å². The molecule has 0 amide bonds. The smallest absolute Gasteiger partial charge is 0.0438 e. The van der Waals surface area contributed by atoms with Crippen LogP contribution in [0.15, 0.2) is 22.7 Å². The van der Waals surface area contributed by atoms with Gasteiger partial charge in [0.25, 0.3) is 0 Å². The highest BCUT2D eigenvalue weighted by Crippen LogP contribution is 2.22. The predicted molar refractivity (Wildman–Crippen MR) is 61.1 cm³/mol. The van der Waals surface area contributed by atoms with Crippen molar-refractivity contribution in [3.8, 4) is 0 Å². The summed E-state index contributed by atoms with van der Waals surface area (Å²) in [6.45, 7) is 0.756. The van der Waals surface area contributed by atoms with Crippen molar-refractivity contribution in [2.45, 2.75) is 19.3 Å². The maximum atomic E-state index is 6.02. The summed E-state index contributed by atoms with van der Waals surface area (Å²) in [7, 11) is 0. The summed E-state index contributed by atoms with van der Waals surface area (Å²) < 4.78 is 1.08. The maximum Gasteiger partial charge on any atom is 0.0438 e. The Balaban J connectivity index is 2.59. The van der Waals surface area contributed by atoms with E-state index in [0.29, 0.717) is 0 Å². The van der Waals surface area contributed by atoms with Gasteiger partial charge in [-0.25, -0.2) is 0 Å². The third kappa shape index (κ3) is 3.67. The maximum absolute atomic E-state index is 6.02. The first-order valence-corrected chi connectivity index (χ1v) is 5.55. The van der Waals surface area contributed by atoms with E-state index in [9.17, 15) is 0 Å². The summed E-state index contributed by atoms with van der Waals surface area (Å²) in [5.41, 5.74) is 6.62. The third-order valence-corrected chi connectivity index (χ3v) is 2.77. The summed E-state index contributed by atoms with van der Waals surface area (Å²) in [4.78, 5) is 0. The number of aryl methyl sites for hydroxylation is 1. The van der Waals surface area contributed by atoms with Crippen LogP contribution in [0.4, 0.5) is 0 Å². The van der Waals surface area contributed by atoms with Crippen molar-refractivity contribution in [3.05, 3.63) is 33.3 Å². The molecule has 0 fully saturated rings. The lowest BCUT2D eigenvalue weighted by molar-refractivity contribution is 0.745. The molecule has 13 heavy (non-hydrogen) atoms. The fraction of sp³-hybridized carbons (Fsp3) is 0.400. The Morgan fingerprint density at radius 3 is 2.77 bits per heavy atom. The lowest BCUT2D eigenvalue weighted by Gasteiger charge is -2.03. The molecule has 3 heteroatoms. The van der Waals surface area contributed by atoms with Crippen molar-refractivity contribution >= 4 is 27.5 Å². The van der Waals surface area contributed by atoms with Gasteiger partial charge in [0.15, 0.2) is 0 Å². The Labute approximate surface area is 92.4 Å². The number of hydrogen-bond donors (Lipinski definition) is 1. The molecule has 0 unspecified atom stereocenters. The molecule has 0 aliphatic rings. The molecule has 1 aromatic rings. The molecule has 0 aliphatic heterocycles. The average Bonchev–Trinajstić information content (AvgIpc) is 2.11. The van der Waals surface area contributed by atoms with E-state index in [0.717, 1.165) is 35.3 Å². The highest BCUT2D eigenvalue weighted by molar-refractivity contribution is 9.10. The molecule has 0 saturated heterocycles. The zero-order valence-electron chi connectivity index (χ0n) is 7.39. The van der Waals surface area contributed by atoms with Gasteiger partial charge in [-0.2, -0.15) is 0 Å². The van der Waals surface area contributed by atoms with Gasteiger partial charge >= 0.3 is 0 Å². The zero-order valence-corrected chi connectivity index (χ0v) is 9.74. The normalized spacial score (nSPS) is 10.4. The predicted octanol–water partition coefficient (Wildman–Crippen LogP) is 3.38. The Morgan fingerprint density at radius 2 is 2.08 bits per heavy atom. The first-order chi connectivity index (χ1) is 6.24. The Bertz CT molecular complexity index is 276. The SMILES string of the molecule is NCCCCc1cc(Br)ccc1Cl. The molecule has 1 nitrogen and oxygen atoms in total. The van der Waals surface area contributed by atoms with Crippen molar-refractivity contribution in [2.75, 3.05) is 6.54 Å². The van der Waals surface area contributed by atoms with E-state index in [1.807, 2.05) is 12.1 Å². The van der Waals surface area contributed by atoms with Gasteiger partial charge in [-0.3, -0.25) is 0 Å². The fourth-order valence-corrected chi connectivity index (χ4v) is 1.82. The van der Waals surface area contributed by atoms with Crippen LogP contribution in [0.1, 0.15) is 18.4 Å². The molecule has 0 atom stereocenters. The average molecular weight is 263 g/mol. The molecule has 0 spiro atoms. The lowest BCUT2D eigenvalue weighted by Crippen LogP contribution is -1.99. The standard InChI is InChI=1S/C10H13BrClN/c11-9-4-5-10(12)8(7-9)3-1-2-6-13/h4-5,7H,1-3,6,13H2. The molecule has 0 aliphatic carbocycles. The molecule has 1 aromatic carbocycles. The van der Waals surface area contributed by atoms with Crippen LogP contribution in [0.5, 0.6) is 0 Å². The Hall–Kier alpha value is -0.0500. The van der Waals surface area contributed by atoms with Crippen LogP contribution in [0.3, 0.4) is 0 Å². The lowest BCUT2D eigenvalue weighted by atomic mass is 10.1. The van der Waals surface area contributed by atoms with Gasteiger partial charge in [-0.15, -0.1) is 0 Å². The van der Waals surface area contributed by atoms with Gasteiger partial charge in [0.2, 0.25) is 0 Å². The van der Waals surface area contributed by atoms with Gasteiger partial charge in [-0.05, 0) is 49.6 Å². The molecule has 0 aromatic heterocycles. The first kappa shape index (κ1) is 11.0. The van der Waals surface area contributed by atoms with Crippen LogP contribution in [-0.4, -0.2) is 6.54 Å². The summed E-state index contributed by atoms with van der Waals surface area (Å²) in [6, 6.07) is 5.94. The highest BCUT2D eigenvalue weighted by atomic mass is 79.9. The largest absolute Gasteiger partial charge is 0.330 e. The molecular formula is C10H13BrClN. The molecule has 0 saturated carbocycles. The molecule has 0 bridgehead atoms. The summed E-state index contributed by atoms with van der Waals surface area (Å²) >= 11 is 9.45. The van der Waals surface area contributed by atoms with Crippen molar-refractivity contribution in [1.29, 1.82) is 0 Å². The second kappa shape index (κ2) is 5.63. The fourth-order valence-electron chi connectivity index (χ4n) is 1.19. The van der Waals surface area contributed by atoms with Crippen LogP contribution in [0.2, 0.25) is 5.02 Å². The van der Waals surface area contributed by atoms with E-state index in [1.165, 1.54) is 5.56 Å². The van der Waals surface area contributed by atoms with E-state index >= 15 is 0 Å². The second-order valence-corrected chi connectivity index (χ2v) is 4.30. The van der Waals surface area contributed by atoms with Gasteiger partial charge in [0.1, 0.15) is 0 Å². The molecule has 0 heterocycles. The van der Waals surface area contributed by atoms with Gasteiger partial charge < -0.3 is 5.73 Å². The minimum Gasteiger partial charge on any atom is -0.330 e. The number of rotatable bonds is 4. The van der Waals surface area contributed by atoms with Gasteiger partial charge in [0.05, 0.1) is 0 Å². The van der Waals surface area contributed by atoms with Crippen LogP contribution in [-0.2, 0) is 6.42 Å². The summed E-state index contributed by atoms with van der Waals surface area (Å²) in [6.07, 6.45) is 3.17. The van der Waals surface area contributed by atoms with Crippen LogP contribution >= 0.6 is 27.5 Å². The van der Waals surface area contributed by atoms with E-state index in [-0.39, 0.29) is 0 Å². The molecular weight excluding hydrogens is 249 g/mol. The van der Waals surface area contributed by atoms with Crippen LogP contribution < -0.4 is 5.73 Å². The van der Waals surface area contributed by atoms with Gasteiger partial charge in [0, 0.05) is 9.50 Å². The van der Waals surface area contributed by atoms with Gasteiger partial charge in [-0.1, -0.05) is 27.5 Å². The molecule has 0 radical (unpaired) electrons. The quantitative estimate of drug-likeness (QED) is 0.827. The Kier molecular flexibility index (Phi) is 4.78.